The molecule has 1 aliphatic heterocycles. The first-order chi connectivity index (χ1) is 8.45. The fourth-order valence-corrected chi connectivity index (χ4v) is 2.17. The Morgan fingerprint density at radius 3 is 2.50 bits per heavy atom. The summed E-state index contributed by atoms with van der Waals surface area (Å²) in [4.78, 5) is 2.30. The summed E-state index contributed by atoms with van der Waals surface area (Å²) in [6.45, 7) is 12.0. The number of piperidine rings is 1. The second-order valence-corrected chi connectivity index (χ2v) is 5.36. The quantitative estimate of drug-likeness (QED) is 0.695. The summed E-state index contributed by atoms with van der Waals surface area (Å²) in [6.07, 6.45) is 5.71. The highest BCUT2D eigenvalue weighted by Crippen LogP contribution is 2.33. The van der Waals surface area contributed by atoms with Crippen LogP contribution in [0.25, 0.3) is 0 Å². The smallest absolute Gasteiger partial charge is 0.116 e. The molecule has 1 fully saturated rings. The van der Waals surface area contributed by atoms with Gasteiger partial charge in [0, 0.05) is 13.0 Å². The Morgan fingerprint density at radius 1 is 1.39 bits per heavy atom. The molecule has 0 bridgehead atoms. The molecule has 0 atom stereocenters. The maximum atomic E-state index is 12.5. The SMILES string of the molecule is C=C(F)/C=C\C(=C)CN1CCC(C)(CC#N)CC1. The van der Waals surface area contributed by atoms with Gasteiger partial charge in [0.25, 0.3) is 0 Å². The first-order valence-electron chi connectivity index (χ1n) is 6.25. The van der Waals surface area contributed by atoms with Crippen LogP contribution in [-0.2, 0) is 0 Å². The van der Waals surface area contributed by atoms with Gasteiger partial charge in [0.1, 0.15) is 5.83 Å². The van der Waals surface area contributed by atoms with E-state index in [2.05, 4.69) is 31.1 Å². The van der Waals surface area contributed by atoms with Gasteiger partial charge in [-0.2, -0.15) is 5.26 Å². The molecule has 0 aliphatic carbocycles. The standard InChI is InChI=1S/C15H21FN2/c1-13(4-5-14(2)16)12-18-10-7-15(3,6-9-17)8-11-18/h4-5H,1-2,6-8,10-12H2,3H3/b5-4-. The third-order valence-corrected chi connectivity index (χ3v) is 3.50. The maximum absolute atomic E-state index is 12.5. The van der Waals surface area contributed by atoms with E-state index in [-0.39, 0.29) is 5.41 Å². The van der Waals surface area contributed by atoms with Gasteiger partial charge in [0.05, 0.1) is 6.07 Å². The molecule has 0 spiro atoms. The lowest BCUT2D eigenvalue weighted by Crippen LogP contribution is -2.39. The van der Waals surface area contributed by atoms with Gasteiger partial charge in [-0.25, -0.2) is 4.39 Å². The maximum Gasteiger partial charge on any atom is 0.116 e. The van der Waals surface area contributed by atoms with Crippen molar-refractivity contribution >= 4 is 0 Å². The number of halogens is 1. The van der Waals surface area contributed by atoms with Gasteiger partial charge in [-0.3, -0.25) is 4.90 Å². The summed E-state index contributed by atoms with van der Waals surface area (Å²) in [5.74, 6) is -0.448. The Labute approximate surface area is 109 Å². The van der Waals surface area contributed by atoms with E-state index in [1.165, 1.54) is 6.08 Å². The number of hydrogen-bond donors (Lipinski definition) is 0. The predicted molar refractivity (Wildman–Crippen MR) is 72.5 cm³/mol. The molecule has 0 amide bonds. The summed E-state index contributed by atoms with van der Waals surface area (Å²) >= 11 is 0. The Kier molecular flexibility index (Phi) is 5.30. The van der Waals surface area contributed by atoms with E-state index in [0.29, 0.717) is 6.42 Å². The largest absolute Gasteiger partial charge is 0.299 e. The number of likely N-dealkylation sites (tertiary alicyclic amines) is 1. The second kappa shape index (κ2) is 6.51. The Bertz CT molecular complexity index is 382. The van der Waals surface area contributed by atoms with Crippen molar-refractivity contribution in [3.63, 3.8) is 0 Å². The number of nitriles is 1. The molecule has 0 aromatic heterocycles. The molecule has 18 heavy (non-hydrogen) atoms. The molecule has 1 rings (SSSR count). The van der Waals surface area contributed by atoms with Crippen LogP contribution in [0.15, 0.2) is 36.7 Å². The van der Waals surface area contributed by atoms with Crippen LogP contribution in [0.1, 0.15) is 26.2 Å². The first-order valence-corrected chi connectivity index (χ1v) is 6.25. The zero-order chi connectivity index (χ0) is 13.6. The third kappa shape index (κ3) is 4.85. The minimum absolute atomic E-state index is 0.162. The zero-order valence-electron chi connectivity index (χ0n) is 11.1. The van der Waals surface area contributed by atoms with Crippen LogP contribution in [-0.4, -0.2) is 24.5 Å². The molecule has 98 valence electrons. The lowest BCUT2D eigenvalue weighted by Gasteiger charge is -2.38. The molecule has 1 saturated heterocycles. The third-order valence-electron chi connectivity index (χ3n) is 3.50. The fraction of sp³-hybridized carbons (Fsp3) is 0.533. The van der Waals surface area contributed by atoms with Crippen molar-refractivity contribution in [3.8, 4) is 6.07 Å². The van der Waals surface area contributed by atoms with E-state index < -0.39 is 5.83 Å². The van der Waals surface area contributed by atoms with Crippen LogP contribution in [0, 0.1) is 16.7 Å². The molecular weight excluding hydrogens is 227 g/mol. The molecule has 0 aromatic rings. The number of nitrogens with zero attached hydrogens (tertiary/aromatic N) is 2. The molecule has 0 radical (unpaired) electrons. The van der Waals surface area contributed by atoms with Gasteiger partial charge < -0.3 is 0 Å². The lowest BCUT2D eigenvalue weighted by molar-refractivity contribution is 0.130. The highest BCUT2D eigenvalue weighted by molar-refractivity contribution is 5.22. The van der Waals surface area contributed by atoms with Crippen molar-refractivity contribution in [1.82, 2.24) is 4.90 Å². The average molecular weight is 248 g/mol. The highest BCUT2D eigenvalue weighted by Gasteiger charge is 2.29. The van der Waals surface area contributed by atoms with Crippen LogP contribution >= 0.6 is 0 Å². The van der Waals surface area contributed by atoms with Gasteiger partial charge in [0.15, 0.2) is 0 Å². The monoisotopic (exact) mass is 248 g/mol. The predicted octanol–water partition coefficient (Wildman–Crippen LogP) is 3.60. The summed E-state index contributed by atoms with van der Waals surface area (Å²) in [5, 5.41) is 8.79. The number of hydrogen-bond acceptors (Lipinski definition) is 2. The van der Waals surface area contributed by atoms with Gasteiger partial charge >= 0.3 is 0 Å². The summed E-state index contributed by atoms with van der Waals surface area (Å²) in [5.41, 5.74) is 1.05. The molecule has 0 aromatic carbocycles. The lowest BCUT2D eigenvalue weighted by atomic mass is 9.78. The van der Waals surface area contributed by atoms with Gasteiger partial charge in [-0.1, -0.05) is 26.2 Å². The molecular formula is C15H21FN2. The van der Waals surface area contributed by atoms with E-state index in [0.717, 1.165) is 38.0 Å². The molecule has 3 heteroatoms. The van der Waals surface area contributed by atoms with Crippen molar-refractivity contribution in [3.05, 3.63) is 36.7 Å². The highest BCUT2D eigenvalue weighted by atomic mass is 19.1. The Morgan fingerprint density at radius 2 is 2.00 bits per heavy atom. The van der Waals surface area contributed by atoms with Crippen LogP contribution in [0.2, 0.25) is 0 Å². The Hall–Kier alpha value is -1.40. The summed E-state index contributed by atoms with van der Waals surface area (Å²) < 4.78 is 12.5. The van der Waals surface area contributed by atoms with Crippen molar-refractivity contribution in [2.24, 2.45) is 5.41 Å². The second-order valence-electron chi connectivity index (χ2n) is 5.36. The molecule has 2 nitrogen and oxygen atoms in total. The van der Waals surface area contributed by atoms with E-state index in [1.807, 2.05) is 0 Å². The van der Waals surface area contributed by atoms with Crippen molar-refractivity contribution in [1.29, 1.82) is 5.26 Å². The van der Waals surface area contributed by atoms with Crippen molar-refractivity contribution < 1.29 is 4.39 Å². The Balaban J connectivity index is 2.38. The molecule has 0 N–H and O–H groups in total. The van der Waals surface area contributed by atoms with Gasteiger partial charge in [-0.05, 0) is 43.0 Å². The average Bonchev–Trinajstić information content (AvgIpc) is 2.30. The van der Waals surface area contributed by atoms with Crippen LogP contribution in [0.4, 0.5) is 4.39 Å². The fourth-order valence-electron chi connectivity index (χ4n) is 2.17. The summed E-state index contributed by atoms with van der Waals surface area (Å²) in [6, 6.07) is 2.27. The van der Waals surface area contributed by atoms with Crippen LogP contribution in [0.3, 0.4) is 0 Å². The van der Waals surface area contributed by atoms with E-state index in [1.54, 1.807) is 6.08 Å². The normalized spacial score (nSPS) is 19.6. The topological polar surface area (TPSA) is 27.0 Å². The van der Waals surface area contributed by atoms with E-state index >= 15 is 0 Å². The van der Waals surface area contributed by atoms with Crippen molar-refractivity contribution in [2.75, 3.05) is 19.6 Å². The molecule has 0 unspecified atom stereocenters. The summed E-state index contributed by atoms with van der Waals surface area (Å²) in [7, 11) is 0. The van der Waals surface area contributed by atoms with Crippen molar-refractivity contribution in [2.45, 2.75) is 26.2 Å². The molecule has 1 aliphatic rings. The van der Waals surface area contributed by atoms with Gasteiger partial charge in [0.2, 0.25) is 0 Å². The number of rotatable bonds is 5. The zero-order valence-corrected chi connectivity index (χ0v) is 11.1. The molecule has 1 heterocycles. The minimum atomic E-state index is -0.448. The first kappa shape index (κ1) is 14.7. The van der Waals surface area contributed by atoms with Crippen LogP contribution in [0.5, 0.6) is 0 Å². The van der Waals surface area contributed by atoms with Gasteiger partial charge in [-0.15, -0.1) is 0 Å². The van der Waals surface area contributed by atoms with E-state index in [4.69, 9.17) is 5.26 Å². The number of allylic oxidation sites excluding steroid dienone is 2. The molecule has 0 saturated carbocycles. The van der Waals surface area contributed by atoms with E-state index in [9.17, 15) is 4.39 Å². The minimum Gasteiger partial charge on any atom is -0.299 e. The van der Waals surface area contributed by atoms with Crippen LogP contribution < -0.4 is 0 Å².